The predicted octanol–water partition coefficient (Wildman–Crippen LogP) is 33.7. The van der Waals surface area contributed by atoms with Gasteiger partial charge in [-0.25, -0.2) is 0 Å². The monoisotopic (exact) mass is 1620 g/mol. The lowest BCUT2D eigenvalue weighted by atomic mass is 9.85. The molecule has 26 rings (SSSR count). The number of benzene rings is 22. The Morgan fingerprint density at radius 1 is 0.109 bits per heavy atom. The number of hydrogen-bond acceptors (Lipinski definition) is 0. The van der Waals surface area contributed by atoms with Crippen molar-refractivity contribution >= 4 is 130 Å². The molecule has 128 heavy (non-hydrogen) atoms. The molecule has 22 aromatic carbocycles. The van der Waals surface area contributed by atoms with Gasteiger partial charge in [-0.15, -0.1) is 0 Å². The summed E-state index contributed by atoms with van der Waals surface area (Å²) in [5, 5.41) is 19.8. The van der Waals surface area contributed by atoms with Crippen LogP contribution in [0.5, 0.6) is 0 Å². The maximum Gasteiger partial charge on any atom is 0.0547 e. The molecule has 0 saturated carbocycles. The molecule has 0 aliphatic heterocycles. The topological polar surface area (TPSA) is 19.7 Å². The highest BCUT2D eigenvalue weighted by atomic mass is 15.0. The summed E-state index contributed by atoms with van der Waals surface area (Å²) < 4.78 is 9.62. The lowest BCUT2D eigenvalue weighted by molar-refractivity contribution is 1.18. The van der Waals surface area contributed by atoms with Crippen molar-refractivity contribution in [2.75, 3.05) is 0 Å². The van der Waals surface area contributed by atoms with Crippen molar-refractivity contribution in [1.29, 1.82) is 0 Å². The van der Waals surface area contributed by atoms with E-state index in [1.807, 2.05) is 0 Å². The Bertz CT molecular complexity index is 8470. The Morgan fingerprint density at radius 2 is 0.352 bits per heavy atom. The van der Waals surface area contributed by atoms with Gasteiger partial charge in [0.15, 0.2) is 0 Å². The van der Waals surface area contributed by atoms with Crippen LogP contribution in [0.3, 0.4) is 0 Å². The standard InChI is InChI=1S/2C62H40N2/c1-4-19-41(20-5-1)42-21-14-22-43(39-42)60-50-31-15-29-46(48-33-17-37-58-61(48)52-27-10-12-35-56(52)63(58)44-23-6-2-7-24-44)54(50)40-55-47(30-16-32-51(55)60)49-34-18-38-59-62(49)53-28-11-13-36-57(53)64(59)45-25-8-3-9-26-45;1-4-17-41(18-5-1)42-19-14-20-45(37-42)62-52-29-15-27-48(43-33-35-60-56(38-43)50-25-10-12-31-58(50)63(60)46-21-6-2-7-22-46)54(52)40-55-49(28-16-30-53(55)62)44-34-36-61-57(39-44)51-26-11-13-32-59(51)64(61)47-23-8-3-9-24-47/h2*1-40H. The third kappa shape index (κ3) is 12.1. The van der Waals surface area contributed by atoms with Crippen molar-refractivity contribution in [3.05, 3.63) is 485 Å². The predicted molar refractivity (Wildman–Crippen MR) is 544 cm³/mol. The summed E-state index contributed by atoms with van der Waals surface area (Å²) in [4.78, 5) is 0. The lowest BCUT2D eigenvalue weighted by Crippen LogP contribution is -1.94. The first-order valence-corrected chi connectivity index (χ1v) is 44.2. The van der Waals surface area contributed by atoms with E-state index in [1.165, 1.54) is 219 Å². The molecule has 4 aromatic heterocycles. The first-order chi connectivity index (χ1) is 63.6. The summed E-state index contributed by atoms with van der Waals surface area (Å²) in [7, 11) is 0. The van der Waals surface area contributed by atoms with Gasteiger partial charge in [0.1, 0.15) is 0 Å². The fourth-order valence-electron chi connectivity index (χ4n) is 21.1. The van der Waals surface area contributed by atoms with Gasteiger partial charge in [0, 0.05) is 65.8 Å². The van der Waals surface area contributed by atoms with Crippen molar-refractivity contribution in [3.8, 4) is 112 Å². The van der Waals surface area contributed by atoms with E-state index < -0.39 is 0 Å². The number of para-hydroxylation sites is 8. The minimum Gasteiger partial charge on any atom is -0.309 e. The van der Waals surface area contributed by atoms with Gasteiger partial charge in [0.05, 0.1) is 44.1 Å². The van der Waals surface area contributed by atoms with Crippen LogP contribution in [0.25, 0.3) is 242 Å². The fraction of sp³-hybridized carbons (Fsp3) is 0. The molecule has 0 amide bonds. The summed E-state index contributed by atoms with van der Waals surface area (Å²) in [5.41, 5.74) is 33.7. The second-order valence-corrected chi connectivity index (χ2v) is 33.6. The van der Waals surface area contributed by atoms with Crippen LogP contribution in [0.1, 0.15) is 0 Å². The van der Waals surface area contributed by atoms with Crippen molar-refractivity contribution in [3.63, 3.8) is 0 Å². The second-order valence-electron chi connectivity index (χ2n) is 33.6. The molecule has 0 bridgehead atoms. The number of aromatic nitrogens is 4. The molecule has 0 unspecified atom stereocenters. The second kappa shape index (κ2) is 30.5. The van der Waals surface area contributed by atoms with Gasteiger partial charge in [0.25, 0.3) is 0 Å². The molecule has 0 saturated heterocycles. The van der Waals surface area contributed by atoms with E-state index in [1.54, 1.807) is 0 Å². The summed E-state index contributed by atoms with van der Waals surface area (Å²) in [6.07, 6.45) is 0. The zero-order valence-electron chi connectivity index (χ0n) is 70.0. The molecule has 0 aliphatic rings. The molecule has 596 valence electrons. The molecule has 0 atom stereocenters. The largest absolute Gasteiger partial charge is 0.309 e. The van der Waals surface area contributed by atoms with E-state index in [0.717, 1.165) is 22.7 Å². The zero-order valence-corrected chi connectivity index (χ0v) is 70.0. The molecule has 0 radical (unpaired) electrons. The van der Waals surface area contributed by atoms with E-state index in [0.29, 0.717) is 0 Å². The molecule has 4 heteroatoms. The summed E-state index contributed by atoms with van der Waals surface area (Å²) in [6.45, 7) is 0. The third-order valence-electron chi connectivity index (χ3n) is 26.6. The normalized spacial score (nSPS) is 11.8. The van der Waals surface area contributed by atoms with Gasteiger partial charge in [-0.2, -0.15) is 0 Å². The minimum absolute atomic E-state index is 1.16. The Labute approximate surface area is 740 Å². The highest BCUT2D eigenvalue weighted by Crippen LogP contribution is 2.51. The van der Waals surface area contributed by atoms with Crippen molar-refractivity contribution in [2.24, 2.45) is 0 Å². The quantitative estimate of drug-likeness (QED) is 0.109. The van der Waals surface area contributed by atoms with Gasteiger partial charge in [-0.1, -0.05) is 352 Å². The minimum atomic E-state index is 1.16. The van der Waals surface area contributed by atoms with E-state index in [2.05, 4.69) is 504 Å². The van der Waals surface area contributed by atoms with Crippen LogP contribution in [-0.4, -0.2) is 18.3 Å². The first-order valence-electron chi connectivity index (χ1n) is 44.2. The van der Waals surface area contributed by atoms with E-state index in [9.17, 15) is 0 Å². The smallest absolute Gasteiger partial charge is 0.0547 e. The Morgan fingerprint density at radius 3 is 0.719 bits per heavy atom. The highest BCUT2D eigenvalue weighted by molar-refractivity contribution is 6.26. The van der Waals surface area contributed by atoms with Crippen molar-refractivity contribution in [1.82, 2.24) is 18.3 Å². The van der Waals surface area contributed by atoms with Crippen LogP contribution >= 0.6 is 0 Å². The molecule has 4 heterocycles. The Hall–Kier alpha value is -16.9. The van der Waals surface area contributed by atoms with Crippen LogP contribution in [-0.2, 0) is 0 Å². The molecule has 0 N–H and O–H groups in total. The van der Waals surface area contributed by atoms with Gasteiger partial charge in [-0.05, 0) is 266 Å². The number of fused-ring (bicyclic) bond motifs is 16. The average Bonchev–Trinajstić information content (AvgIpc) is 1.22. The van der Waals surface area contributed by atoms with Gasteiger partial charge < -0.3 is 18.3 Å². The number of hydrogen-bond donors (Lipinski definition) is 0. The number of rotatable bonds is 12. The van der Waals surface area contributed by atoms with Crippen molar-refractivity contribution < 1.29 is 0 Å². The van der Waals surface area contributed by atoms with Gasteiger partial charge >= 0.3 is 0 Å². The number of nitrogens with zero attached hydrogens (tertiary/aromatic N) is 4. The summed E-state index contributed by atoms with van der Waals surface area (Å²) in [5.74, 6) is 0. The molecule has 0 fully saturated rings. The lowest BCUT2D eigenvalue weighted by Gasteiger charge is -2.19. The highest BCUT2D eigenvalue weighted by Gasteiger charge is 2.26. The van der Waals surface area contributed by atoms with Crippen LogP contribution in [0.2, 0.25) is 0 Å². The molecule has 4 nitrogen and oxygen atoms in total. The van der Waals surface area contributed by atoms with Gasteiger partial charge in [-0.3, -0.25) is 0 Å². The fourth-order valence-corrected chi connectivity index (χ4v) is 21.1. The molecule has 0 aliphatic carbocycles. The molecular formula is C124H80N4. The Balaban J connectivity index is 0.000000139. The Kier molecular flexibility index (Phi) is 17.6. The van der Waals surface area contributed by atoms with Crippen LogP contribution in [0, 0.1) is 0 Å². The molecular weight excluding hydrogens is 1550 g/mol. The maximum atomic E-state index is 2.49. The summed E-state index contributed by atoms with van der Waals surface area (Å²) >= 11 is 0. The first kappa shape index (κ1) is 73.8. The molecule has 26 aromatic rings. The van der Waals surface area contributed by atoms with E-state index in [4.69, 9.17) is 0 Å². The van der Waals surface area contributed by atoms with Crippen molar-refractivity contribution in [2.45, 2.75) is 0 Å². The van der Waals surface area contributed by atoms with Crippen LogP contribution in [0.15, 0.2) is 485 Å². The SMILES string of the molecule is c1ccc(-c2cccc(-c3c4cccc(-c5ccc6c(c5)c5ccccc5n6-c5ccccc5)c4cc4c(-c5ccc6c(c5)c5ccccc5n6-c5ccccc5)cccc34)c2)cc1.c1ccc(-c2cccc(-c3c4cccc(-c5cccc6c5c5ccccc5n6-c5ccccc5)c4cc4c(-c5cccc6c5c5ccccc5n6-c5ccccc5)cccc34)c2)cc1. The average molecular weight is 1630 g/mol. The zero-order chi connectivity index (χ0) is 84.3. The van der Waals surface area contributed by atoms with E-state index >= 15 is 0 Å². The molecule has 0 spiro atoms. The maximum absolute atomic E-state index is 2.49. The van der Waals surface area contributed by atoms with Gasteiger partial charge in [0.2, 0.25) is 0 Å². The van der Waals surface area contributed by atoms with Crippen LogP contribution in [0.4, 0.5) is 0 Å². The van der Waals surface area contributed by atoms with Crippen LogP contribution < -0.4 is 0 Å². The van der Waals surface area contributed by atoms with E-state index in [-0.39, 0.29) is 0 Å². The third-order valence-corrected chi connectivity index (χ3v) is 26.6. The summed E-state index contributed by atoms with van der Waals surface area (Å²) in [6, 6.07) is 178.